The van der Waals surface area contributed by atoms with Crippen molar-refractivity contribution in [1.29, 1.82) is 0 Å². The molecule has 2 rings (SSSR count). The molecule has 0 bridgehead atoms. The van der Waals surface area contributed by atoms with Gasteiger partial charge in [0.25, 0.3) is 0 Å². The summed E-state index contributed by atoms with van der Waals surface area (Å²) in [4.78, 5) is 48.9. The van der Waals surface area contributed by atoms with Gasteiger partial charge in [-0.05, 0) is 36.6 Å². The predicted molar refractivity (Wildman–Crippen MR) is 124 cm³/mol. The number of hydrogen-bond acceptors (Lipinski definition) is 7. The lowest BCUT2D eigenvalue weighted by atomic mass is 10.1. The Morgan fingerprint density at radius 3 is 2.15 bits per heavy atom. The van der Waals surface area contributed by atoms with Crippen LogP contribution >= 0.6 is 0 Å². The molecule has 0 aliphatic heterocycles. The van der Waals surface area contributed by atoms with Gasteiger partial charge in [0.2, 0.25) is 17.7 Å². The zero-order valence-corrected chi connectivity index (χ0v) is 19.1. The number of hydrogen-bond donors (Lipinski definition) is 5. The number of nitrogens with two attached hydrogens (primary N) is 1. The number of phenolic OH excluding ortho intramolecular Hbond substituents is 1. The molecule has 0 saturated heterocycles. The smallest absolute Gasteiger partial charge is 0.328 e. The lowest BCUT2D eigenvalue weighted by Gasteiger charge is -2.19. The number of aromatic hydroxyl groups is 1. The molecule has 0 aliphatic rings. The molecular weight excluding hydrogens is 440 g/mol. The number of amides is 3. The molecule has 2 aromatic rings. The molecule has 0 aromatic heterocycles. The van der Waals surface area contributed by atoms with Gasteiger partial charge in [0.15, 0.2) is 0 Å². The highest BCUT2D eigenvalue weighted by Gasteiger charge is 2.24. The summed E-state index contributed by atoms with van der Waals surface area (Å²) in [5.74, 6) is -2.20. The summed E-state index contributed by atoms with van der Waals surface area (Å²) >= 11 is 0. The van der Waals surface area contributed by atoms with E-state index in [9.17, 15) is 24.3 Å². The number of nitrogens with one attached hydrogen (secondary N) is 3. The van der Waals surface area contributed by atoms with Gasteiger partial charge < -0.3 is 31.5 Å². The Labute approximate surface area is 197 Å². The lowest BCUT2D eigenvalue weighted by molar-refractivity contribution is -0.145. The topological polar surface area (TPSA) is 160 Å². The van der Waals surface area contributed by atoms with E-state index in [2.05, 4.69) is 16.0 Å². The van der Waals surface area contributed by atoms with Gasteiger partial charge in [-0.1, -0.05) is 42.5 Å². The standard InChI is InChI=1S/C24H30N4O6/c1-15(27-23(32)19(25)12-17-8-10-18(29)11-9-17)22(31)26-14-21(30)28-20(24(33)34-2)13-16-6-4-3-5-7-16/h3-11,15,19-20,29H,12-14,25H2,1-2H3,(H,26,31)(H,27,32)(H,28,30)/t15-,19?,20?/m0/s1. The van der Waals surface area contributed by atoms with E-state index in [1.54, 1.807) is 12.1 Å². The molecule has 0 radical (unpaired) electrons. The van der Waals surface area contributed by atoms with Crippen LogP contribution in [0.1, 0.15) is 18.1 Å². The summed E-state index contributed by atoms with van der Waals surface area (Å²) in [5.41, 5.74) is 7.49. The first kappa shape index (κ1) is 26.3. The molecule has 0 saturated carbocycles. The molecule has 3 amide bonds. The van der Waals surface area contributed by atoms with Crippen LogP contribution in [0.15, 0.2) is 54.6 Å². The maximum Gasteiger partial charge on any atom is 0.328 e. The van der Waals surface area contributed by atoms with Crippen LogP contribution in [0, 0.1) is 0 Å². The maximum atomic E-state index is 12.3. The number of benzene rings is 2. The van der Waals surface area contributed by atoms with Crippen LogP contribution < -0.4 is 21.7 Å². The minimum Gasteiger partial charge on any atom is -0.508 e. The molecule has 6 N–H and O–H groups in total. The van der Waals surface area contributed by atoms with Crippen LogP contribution in [0.25, 0.3) is 0 Å². The molecule has 10 nitrogen and oxygen atoms in total. The Balaban J connectivity index is 1.81. The van der Waals surface area contributed by atoms with Gasteiger partial charge in [-0.3, -0.25) is 14.4 Å². The van der Waals surface area contributed by atoms with Crippen molar-refractivity contribution in [2.75, 3.05) is 13.7 Å². The van der Waals surface area contributed by atoms with E-state index >= 15 is 0 Å². The van der Waals surface area contributed by atoms with Crippen LogP contribution in [0.3, 0.4) is 0 Å². The molecular formula is C24H30N4O6. The molecule has 0 aliphatic carbocycles. The number of esters is 1. The minimum atomic E-state index is -0.938. The van der Waals surface area contributed by atoms with E-state index in [4.69, 9.17) is 10.5 Å². The quantitative estimate of drug-likeness (QED) is 0.284. The molecule has 3 atom stereocenters. The zero-order chi connectivity index (χ0) is 25.1. The third-order valence-corrected chi connectivity index (χ3v) is 5.01. The summed E-state index contributed by atoms with van der Waals surface area (Å²) in [7, 11) is 1.23. The SMILES string of the molecule is COC(=O)C(Cc1ccccc1)NC(=O)CNC(=O)[C@H](C)NC(=O)C(N)Cc1ccc(O)cc1. The fraction of sp³-hybridized carbons (Fsp3) is 0.333. The number of ether oxygens (including phenoxy) is 1. The van der Waals surface area contributed by atoms with Gasteiger partial charge in [0, 0.05) is 6.42 Å². The normalized spacial score (nSPS) is 13.1. The largest absolute Gasteiger partial charge is 0.508 e. The highest BCUT2D eigenvalue weighted by Crippen LogP contribution is 2.11. The zero-order valence-electron chi connectivity index (χ0n) is 19.1. The Bertz CT molecular complexity index is 981. The Morgan fingerprint density at radius 1 is 0.912 bits per heavy atom. The van der Waals surface area contributed by atoms with Crippen molar-refractivity contribution in [3.63, 3.8) is 0 Å². The lowest BCUT2D eigenvalue weighted by Crippen LogP contribution is -2.53. The Morgan fingerprint density at radius 2 is 1.53 bits per heavy atom. The van der Waals surface area contributed by atoms with Crippen molar-refractivity contribution >= 4 is 23.7 Å². The van der Waals surface area contributed by atoms with Crippen LogP contribution in [0.5, 0.6) is 5.75 Å². The minimum absolute atomic E-state index is 0.106. The van der Waals surface area contributed by atoms with E-state index in [-0.39, 0.29) is 25.1 Å². The van der Waals surface area contributed by atoms with Crippen molar-refractivity contribution in [1.82, 2.24) is 16.0 Å². The Kier molecular flexibility index (Phi) is 10.0. The molecule has 10 heteroatoms. The highest BCUT2D eigenvalue weighted by atomic mass is 16.5. The van der Waals surface area contributed by atoms with Gasteiger partial charge >= 0.3 is 5.97 Å². The molecule has 0 spiro atoms. The van der Waals surface area contributed by atoms with Crippen molar-refractivity contribution in [3.8, 4) is 5.75 Å². The van der Waals surface area contributed by atoms with E-state index in [1.165, 1.54) is 26.2 Å². The predicted octanol–water partition coefficient (Wildman–Crippen LogP) is -0.217. The molecule has 34 heavy (non-hydrogen) atoms. The van der Waals surface area contributed by atoms with Gasteiger partial charge in [0.1, 0.15) is 17.8 Å². The summed E-state index contributed by atoms with van der Waals surface area (Å²) in [6.07, 6.45) is 0.456. The van der Waals surface area contributed by atoms with E-state index in [0.717, 1.165) is 11.1 Å². The fourth-order valence-corrected chi connectivity index (χ4v) is 3.12. The second kappa shape index (κ2) is 12.9. The second-order valence-electron chi connectivity index (χ2n) is 7.76. The molecule has 182 valence electrons. The van der Waals surface area contributed by atoms with Crippen molar-refractivity contribution in [3.05, 3.63) is 65.7 Å². The van der Waals surface area contributed by atoms with Crippen LogP contribution in [0.4, 0.5) is 0 Å². The van der Waals surface area contributed by atoms with Gasteiger partial charge in [-0.25, -0.2) is 4.79 Å². The van der Waals surface area contributed by atoms with Gasteiger partial charge in [-0.15, -0.1) is 0 Å². The van der Waals surface area contributed by atoms with Crippen molar-refractivity contribution in [2.45, 2.75) is 37.9 Å². The van der Waals surface area contributed by atoms with Gasteiger partial charge in [-0.2, -0.15) is 0 Å². The average Bonchev–Trinajstić information content (AvgIpc) is 2.83. The van der Waals surface area contributed by atoms with E-state index in [1.807, 2.05) is 30.3 Å². The van der Waals surface area contributed by atoms with E-state index in [0.29, 0.717) is 0 Å². The fourth-order valence-electron chi connectivity index (χ4n) is 3.12. The van der Waals surface area contributed by atoms with Crippen molar-refractivity contribution < 1.29 is 29.0 Å². The number of methoxy groups -OCH3 is 1. The molecule has 2 aromatic carbocycles. The molecule has 0 heterocycles. The van der Waals surface area contributed by atoms with Crippen LogP contribution in [-0.4, -0.2) is 60.6 Å². The third kappa shape index (κ3) is 8.55. The second-order valence-corrected chi connectivity index (χ2v) is 7.76. The average molecular weight is 471 g/mol. The third-order valence-electron chi connectivity index (χ3n) is 5.01. The summed E-state index contributed by atoms with van der Waals surface area (Å²) in [6, 6.07) is 12.6. The number of phenols is 1. The monoisotopic (exact) mass is 470 g/mol. The first-order valence-electron chi connectivity index (χ1n) is 10.7. The molecule has 2 unspecified atom stereocenters. The van der Waals surface area contributed by atoms with Crippen molar-refractivity contribution in [2.24, 2.45) is 5.73 Å². The summed E-state index contributed by atoms with van der Waals surface area (Å²) in [6.45, 7) is 1.08. The summed E-state index contributed by atoms with van der Waals surface area (Å²) < 4.78 is 4.75. The van der Waals surface area contributed by atoms with Crippen LogP contribution in [0.2, 0.25) is 0 Å². The first-order chi connectivity index (χ1) is 16.2. The summed E-state index contributed by atoms with van der Waals surface area (Å²) in [5, 5.41) is 16.8. The first-order valence-corrected chi connectivity index (χ1v) is 10.7. The number of carbonyl (C=O) groups excluding carboxylic acids is 4. The maximum absolute atomic E-state index is 12.3. The Hall–Kier alpha value is -3.92. The highest BCUT2D eigenvalue weighted by molar-refractivity contribution is 5.92. The van der Waals surface area contributed by atoms with Gasteiger partial charge in [0.05, 0.1) is 19.7 Å². The molecule has 0 fully saturated rings. The van der Waals surface area contributed by atoms with E-state index < -0.39 is 41.8 Å². The number of carbonyl (C=O) groups is 4. The number of rotatable bonds is 11. The van der Waals surface area contributed by atoms with Crippen LogP contribution in [-0.2, 0) is 36.8 Å².